The fourth-order valence-electron chi connectivity index (χ4n) is 5.35. The smallest absolute Gasteiger partial charge is 0.329 e. The summed E-state index contributed by atoms with van der Waals surface area (Å²) >= 11 is 1.02. The summed E-state index contributed by atoms with van der Waals surface area (Å²) in [6.07, 6.45) is 2.13. The number of carbonyl (C=O) groups is 1. The normalized spacial score (nSPS) is 28.0. The molecular weight excluding hydrogens is 653 g/mol. The average molecular weight is 681 g/mol. The molecule has 2 saturated heterocycles. The number of hydrogen-bond acceptors (Lipinski definition) is 14. The molecule has 20 heteroatoms. The third-order valence-electron chi connectivity index (χ3n) is 7.68. The lowest BCUT2D eigenvalue weighted by Gasteiger charge is -2.45. The first-order valence-corrected chi connectivity index (χ1v) is 15.0. The van der Waals surface area contributed by atoms with Gasteiger partial charge in [0.1, 0.15) is 60.2 Å². The summed E-state index contributed by atoms with van der Waals surface area (Å²) in [7, 11) is 0. The van der Waals surface area contributed by atoms with E-state index in [9.17, 15) is 38.4 Å². The Balaban J connectivity index is 1.27. The Bertz CT molecular complexity index is 1680. The van der Waals surface area contributed by atoms with Gasteiger partial charge >= 0.3 is 5.97 Å². The van der Waals surface area contributed by atoms with Gasteiger partial charge in [-0.15, -0.1) is 22.0 Å². The van der Waals surface area contributed by atoms with Crippen LogP contribution < -0.4 is 0 Å². The topological polar surface area (TPSA) is 213 Å². The van der Waals surface area contributed by atoms with E-state index in [0.29, 0.717) is 23.4 Å². The zero-order chi connectivity index (χ0) is 33.2. The molecule has 5 heterocycles. The molecule has 2 fully saturated rings. The number of ether oxygens (including phenoxy) is 3. The molecular formula is C27H27F3N8O8S. The molecule has 2 aliphatic heterocycles. The van der Waals surface area contributed by atoms with Gasteiger partial charge in [0.2, 0.25) is 0 Å². The molecule has 47 heavy (non-hydrogen) atoms. The van der Waals surface area contributed by atoms with Crippen LogP contribution in [0, 0.1) is 17.5 Å². The van der Waals surface area contributed by atoms with E-state index in [2.05, 4.69) is 30.6 Å². The number of aromatic nitrogens is 8. The number of carboxylic acids is 1. The molecule has 6 rings (SSSR count). The van der Waals surface area contributed by atoms with Crippen molar-refractivity contribution in [2.75, 3.05) is 26.4 Å². The van der Waals surface area contributed by atoms with Gasteiger partial charge in [0.25, 0.3) is 0 Å². The summed E-state index contributed by atoms with van der Waals surface area (Å²) in [5.41, 5.74) is -0.312. The van der Waals surface area contributed by atoms with Crippen molar-refractivity contribution in [1.82, 2.24) is 40.0 Å². The minimum Gasteiger partial charge on any atom is -0.480 e. The van der Waals surface area contributed by atoms with Crippen molar-refractivity contribution in [2.45, 2.75) is 47.2 Å². The number of aliphatic hydroxyl groups is 3. The second kappa shape index (κ2) is 14.0. The Hall–Kier alpha value is -4.05. The molecule has 0 amide bonds. The molecule has 3 aromatic heterocycles. The van der Waals surface area contributed by atoms with Gasteiger partial charge in [-0.05, 0) is 12.1 Å². The summed E-state index contributed by atoms with van der Waals surface area (Å²) in [4.78, 5) is 19.5. The molecule has 0 spiro atoms. The first-order chi connectivity index (χ1) is 22.6. The summed E-state index contributed by atoms with van der Waals surface area (Å²) < 4.78 is 61.4. The summed E-state index contributed by atoms with van der Waals surface area (Å²) in [5, 5.41) is 57.5. The molecule has 0 bridgehead atoms. The number of rotatable bonds is 10. The third kappa shape index (κ3) is 6.84. The van der Waals surface area contributed by atoms with Crippen molar-refractivity contribution < 1.29 is 52.6 Å². The number of thioether (sulfide) groups is 1. The first-order valence-electron chi connectivity index (χ1n) is 14.1. The third-order valence-corrected chi connectivity index (χ3v) is 9.09. The van der Waals surface area contributed by atoms with Crippen molar-refractivity contribution in [3.63, 3.8) is 0 Å². The molecule has 0 aliphatic carbocycles. The van der Waals surface area contributed by atoms with Crippen LogP contribution in [-0.4, -0.2) is 128 Å². The van der Waals surface area contributed by atoms with Crippen LogP contribution in [0.3, 0.4) is 0 Å². The van der Waals surface area contributed by atoms with Crippen LogP contribution in [0.15, 0.2) is 43.2 Å². The summed E-state index contributed by atoms with van der Waals surface area (Å²) in [6.45, 7) is -1.38. The second-order valence-corrected chi connectivity index (χ2v) is 12.0. The maximum Gasteiger partial charge on any atom is 0.329 e. The highest BCUT2D eigenvalue weighted by Gasteiger charge is 2.50. The molecule has 0 radical (unpaired) electrons. The molecule has 4 N–H and O–H groups in total. The van der Waals surface area contributed by atoms with Crippen molar-refractivity contribution in [2.24, 2.45) is 0 Å². The number of nitrogens with zero attached hydrogens (tertiary/aromatic N) is 8. The van der Waals surface area contributed by atoms with Gasteiger partial charge in [0, 0.05) is 23.5 Å². The lowest BCUT2D eigenvalue weighted by atomic mass is 9.97. The molecule has 250 valence electrons. The zero-order valence-electron chi connectivity index (χ0n) is 24.0. The Morgan fingerprint density at radius 3 is 2.32 bits per heavy atom. The minimum absolute atomic E-state index is 0.0358. The standard InChI is InChI=1S/C27H27F3N8O8S/c28-14-1-12(2-15(29)22(14)30)16-6-38(36-33-16)23-25(43)19(7-39)46-27(26(23)45-10-21(40)41)47-20-9-44-8-18(24(20)42)37-5-17(34-35-37)13-3-31-11-32-4-13/h1-6,11,18-20,23-27,39,42-43H,7-10H2,(H,40,41)/t18-,19+,20+,23-,24+,25-,26+,27-/m0/s1. The molecule has 0 unspecified atom stereocenters. The van der Waals surface area contributed by atoms with Crippen LogP contribution in [0.1, 0.15) is 12.1 Å². The zero-order valence-corrected chi connectivity index (χ0v) is 24.8. The Labute approximate surface area is 267 Å². The fraction of sp³-hybridized carbons (Fsp3) is 0.444. The number of aliphatic hydroxyl groups excluding tert-OH is 3. The monoisotopic (exact) mass is 680 g/mol. The van der Waals surface area contributed by atoms with Crippen LogP contribution in [-0.2, 0) is 19.0 Å². The van der Waals surface area contributed by atoms with Gasteiger partial charge in [0.15, 0.2) is 17.5 Å². The maximum absolute atomic E-state index is 13.9. The Morgan fingerprint density at radius 2 is 1.64 bits per heavy atom. The van der Waals surface area contributed by atoms with E-state index in [4.69, 9.17) is 14.2 Å². The Morgan fingerprint density at radius 1 is 0.979 bits per heavy atom. The quantitative estimate of drug-likeness (QED) is 0.165. The van der Waals surface area contributed by atoms with Gasteiger partial charge in [-0.2, -0.15) is 0 Å². The fourth-order valence-corrected chi connectivity index (χ4v) is 6.82. The molecule has 16 nitrogen and oxygen atoms in total. The van der Waals surface area contributed by atoms with Crippen molar-refractivity contribution >= 4 is 17.7 Å². The second-order valence-electron chi connectivity index (χ2n) is 10.7. The van der Waals surface area contributed by atoms with Gasteiger partial charge in [-0.3, -0.25) is 0 Å². The SMILES string of the molecule is O=C(O)CO[C@@H]1[C@@H](n2cc(-c3cc(F)c(F)c(F)c3)nn2)[C@@H](O)[C@@H](CO)O[C@H]1S[C@@H]1COC[C@H](n2cc(-c3cncnc3)nn2)[C@H]1O. The number of halogens is 3. The maximum atomic E-state index is 13.9. The highest BCUT2D eigenvalue weighted by molar-refractivity contribution is 8.00. The number of carboxylic acid groups (broad SMARTS) is 1. The number of hydrogen-bond donors (Lipinski definition) is 4. The van der Waals surface area contributed by atoms with E-state index in [0.717, 1.165) is 16.4 Å². The predicted molar refractivity (Wildman–Crippen MR) is 152 cm³/mol. The lowest BCUT2D eigenvalue weighted by Crippen LogP contribution is -2.57. The molecule has 0 saturated carbocycles. The van der Waals surface area contributed by atoms with Crippen LogP contribution in [0.25, 0.3) is 22.5 Å². The average Bonchev–Trinajstić information content (AvgIpc) is 3.75. The van der Waals surface area contributed by atoms with E-state index < -0.39 is 83.8 Å². The van der Waals surface area contributed by atoms with Crippen LogP contribution in [0.5, 0.6) is 0 Å². The molecule has 8 atom stereocenters. The summed E-state index contributed by atoms with van der Waals surface area (Å²) in [6, 6.07) is -0.517. The van der Waals surface area contributed by atoms with Gasteiger partial charge in [0.05, 0.1) is 43.6 Å². The van der Waals surface area contributed by atoms with E-state index in [1.807, 2.05) is 0 Å². The van der Waals surface area contributed by atoms with Gasteiger partial charge in [-0.1, -0.05) is 10.4 Å². The van der Waals surface area contributed by atoms with E-state index in [1.54, 1.807) is 18.6 Å². The van der Waals surface area contributed by atoms with E-state index >= 15 is 0 Å². The predicted octanol–water partition coefficient (Wildman–Crippen LogP) is 0.234. The van der Waals surface area contributed by atoms with E-state index in [1.165, 1.54) is 17.2 Å². The summed E-state index contributed by atoms with van der Waals surface area (Å²) in [5.74, 6) is -5.92. The Kier molecular flexibility index (Phi) is 9.77. The number of benzene rings is 1. The molecule has 2 aliphatic rings. The van der Waals surface area contributed by atoms with E-state index in [-0.39, 0.29) is 24.5 Å². The first kappa shape index (κ1) is 32.9. The minimum atomic E-state index is -1.67. The van der Waals surface area contributed by atoms with Crippen molar-refractivity contribution in [1.29, 1.82) is 0 Å². The molecule has 1 aromatic carbocycles. The van der Waals surface area contributed by atoms with Crippen molar-refractivity contribution in [3.05, 3.63) is 60.7 Å². The largest absolute Gasteiger partial charge is 0.480 e. The highest BCUT2D eigenvalue weighted by Crippen LogP contribution is 2.41. The van der Waals surface area contributed by atoms with Crippen LogP contribution in [0.2, 0.25) is 0 Å². The van der Waals surface area contributed by atoms with Crippen LogP contribution >= 0.6 is 11.8 Å². The number of aliphatic carboxylic acids is 1. The van der Waals surface area contributed by atoms with Crippen molar-refractivity contribution in [3.8, 4) is 22.5 Å². The van der Waals surface area contributed by atoms with Gasteiger partial charge < -0.3 is 34.6 Å². The van der Waals surface area contributed by atoms with Crippen LogP contribution in [0.4, 0.5) is 13.2 Å². The highest BCUT2D eigenvalue weighted by atomic mass is 32.2. The lowest BCUT2D eigenvalue weighted by molar-refractivity contribution is -0.197. The van der Waals surface area contributed by atoms with Gasteiger partial charge in [-0.25, -0.2) is 37.3 Å². The molecule has 4 aromatic rings.